The van der Waals surface area contributed by atoms with Crippen molar-refractivity contribution in [1.82, 2.24) is 5.32 Å². The first-order valence-electron chi connectivity index (χ1n) is 6.32. The number of aliphatic hydroxyl groups excluding tert-OH is 1. The molecule has 0 heterocycles. The van der Waals surface area contributed by atoms with Gasteiger partial charge in [-0.2, -0.15) is 0 Å². The summed E-state index contributed by atoms with van der Waals surface area (Å²) in [6.07, 6.45) is 4.44. The van der Waals surface area contributed by atoms with Crippen molar-refractivity contribution in [3.8, 4) is 0 Å². The van der Waals surface area contributed by atoms with E-state index in [1.54, 1.807) is 0 Å². The maximum absolute atomic E-state index is 9.82. The fraction of sp³-hybridized carbons (Fsp3) is 1.00. The maximum Gasteiger partial charge on any atom is 0.0693 e. The van der Waals surface area contributed by atoms with Gasteiger partial charge in [0.1, 0.15) is 0 Å². The minimum Gasteiger partial charge on any atom is -0.392 e. The van der Waals surface area contributed by atoms with Gasteiger partial charge in [-0.05, 0) is 30.7 Å². The highest BCUT2D eigenvalue weighted by atomic mass is 16.3. The zero-order valence-corrected chi connectivity index (χ0v) is 10.7. The van der Waals surface area contributed by atoms with E-state index < -0.39 is 0 Å². The van der Waals surface area contributed by atoms with E-state index in [9.17, 15) is 5.11 Å². The molecule has 1 aliphatic carbocycles. The number of aliphatic hydroxyl groups is 1. The van der Waals surface area contributed by atoms with Crippen LogP contribution in [0, 0.1) is 11.3 Å². The van der Waals surface area contributed by atoms with Crippen LogP contribution < -0.4 is 5.32 Å². The molecule has 0 aliphatic heterocycles. The van der Waals surface area contributed by atoms with Crippen LogP contribution in [0.5, 0.6) is 0 Å². The second kappa shape index (κ2) is 5.31. The topological polar surface area (TPSA) is 32.3 Å². The second-order valence-electron chi connectivity index (χ2n) is 6.13. The van der Waals surface area contributed by atoms with Crippen LogP contribution in [0.1, 0.15) is 53.4 Å². The third kappa shape index (κ3) is 4.12. The van der Waals surface area contributed by atoms with Crippen LogP contribution in [0.4, 0.5) is 0 Å². The minimum atomic E-state index is -0.120. The second-order valence-corrected chi connectivity index (χ2v) is 6.13. The van der Waals surface area contributed by atoms with Gasteiger partial charge in [-0.25, -0.2) is 0 Å². The van der Waals surface area contributed by atoms with Crippen molar-refractivity contribution in [2.75, 3.05) is 6.54 Å². The fourth-order valence-corrected chi connectivity index (χ4v) is 1.98. The van der Waals surface area contributed by atoms with Crippen LogP contribution in [0.15, 0.2) is 0 Å². The summed E-state index contributed by atoms with van der Waals surface area (Å²) in [5.41, 5.74) is 0.354. The van der Waals surface area contributed by atoms with Gasteiger partial charge in [0.05, 0.1) is 6.10 Å². The van der Waals surface area contributed by atoms with Crippen molar-refractivity contribution in [3.05, 3.63) is 0 Å². The van der Waals surface area contributed by atoms with Crippen molar-refractivity contribution < 1.29 is 5.11 Å². The standard InChI is InChI=1S/C13H27NO/c1-10(13(2,3)4)9-14-11-7-5-6-8-12(11)15/h10-12,14-15H,5-9H2,1-4H3/t10?,11-,12-/m1/s1. The molecule has 1 rings (SSSR count). The summed E-state index contributed by atoms with van der Waals surface area (Å²) in [7, 11) is 0. The summed E-state index contributed by atoms with van der Waals surface area (Å²) in [5, 5.41) is 13.3. The Labute approximate surface area is 94.5 Å². The Balaban J connectivity index is 2.29. The molecule has 0 aromatic heterocycles. The first-order chi connectivity index (χ1) is 6.91. The molecule has 2 N–H and O–H groups in total. The van der Waals surface area contributed by atoms with Crippen molar-refractivity contribution in [3.63, 3.8) is 0 Å². The predicted octanol–water partition coefficient (Wildman–Crippen LogP) is 2.56. The molecule has 1 unspecified atom stereocenters. The van der Waals surface area contributed by atoms with Gasteiger partial charge in [0.25, 0.3) is 0 Å². The molecular weight excluding hydrogens is 186 g/mol. The van der Waals surface area contributed by atoms with Crippen molar-refractivity contribution >= 4 is 0 Å². The summed E-state index contributed by atoms with van der Waals surface area (Å²) < 4.78 is 0. The molecule has 2 nitrogen and oxygen atoms in total. The highest BCUT2D eigenvalue weighted by molar-refractivity contribution is 4.82. The lowest BCUT2D eigenvalue weighted by Crippen LogP contribution is -2.45. The third-order valence-electron chi connectivity index (χ3n) is 3.89. The van der Waals surface area contributed by atoms with Gasteiger partial charge in [0.15, 0.2) is 0 Å². The van der Waals surface area contributed by atoms with Crippen LogP contribution in [0.25, 0.3) is 0 Å². The average molecular weight is 213 g/mol. The fourth-order valence-electron chi connectivity index (χ4n) is 1.98. The van der Waals surface area contributed by atoms with Crippen molar-refractivity contribution in [1.29, 1.82) is 0 Å². The van der Waals surface area contributed by atoms with E-state index in [2.05, 4.69) is 33.0 Å². The lowest BCUT2D eigenvalue weighted by atomic mass is 9.81. The van der Waals surface area contributed by atoms with Gasteiger partial charge in [0.2, 0.25) is 0 Å². The first-order valence-corrected chi connectivity index (χ1v) is 6.32. The molecule has 0 aromatic rings. The molecule has 15 heavy (non-hydrogen) atoms. The maximum atomic E-state index is 9.82. The summed E-state index contributed by atoms with van der Waals surface area (Å²) >= 11 is 0. The highest BCUT2D eigenvalue weighted by Crippen LogP contribution is 2.25. The first kappa shape index (κ1) is 13.0. The molecule has 2 heteroatoms. The Bertz CT molecular complexity index is 185. The zero-order chi connectivity index (χ0) is 11.5. The summed E-state index contributed by atoms with van der Waals surface area (Å²) in [6.45, 7) is 10.1. The number of hydrogen-bond donors (Lipinski definition) is 2. The largest absolute Gasteiger partial charge is 0.392 e. The molecule has 0 amide bonds. The molecule has 3 atom stereocenters. The van der Waals surface area contributed by atoms with E-state index in [1.165, 1.54) is 12.8 Å². The summed E-state index contributed by atoms with van der Waals surface area (Å²) in [4.78, 5) is 0. The highest BCUT2D eigenvalue weighted by Gasteiger charge is 2.25. The average Bonchev–Trinajstić information content (AvgIpc) is 2.14. The van der Waals surface area contributed by atoms with Crippen LogP contribution in [-0.2, 0) is 0 Å². The van der Waals surface area contributed by atoms with Crippen LogP contribution in [0.3, 0.4) is 0 Å². The van der Waals surface area contributed by atoms with Crippen LogP contribution in [-0.4, -0.2) is 23.8 Å². The molecule has 1 saturated carbocycles. The van der Waals surface area contributed by atoms with Crippen LogP contribution in [0.2, 0.25) is 0 Å². The predicted molar refractivity (Wildman–Crippen MR) is 64.9 cm³/mol. The van der Waals surface area contributed by atoms with Gasteiger partial charge in [0, 0.05) is 6.04 Å². The van der Waals surface area contributed by atoms with E-state index in [4.69, 9.17) is 0 Å². The molecule has 1 fully saturated rings. The zero-order valence-electron chi connectivity index (χ0n) is 10.7. The van der Waals surface area contributed by atoms with E-state index in [0.29, 0.717) is 17.4 Å². The minimum absolute atomic E-state index is 0.120. The smallest absolute Gasteiger partial charge is 0.0693 e. The quantitative estimate of drug-likeness (QED) is 0.755. The van der Waals surface area contributed by atoms with Crippen molar-refractivity contribution in [2.45, 2.75) is 65.5 Å². The number of rotatable bonds is 3. The lowest BCUT2D eigenvalue weighted by Gasteiger charge is -2.33. The van der Waals surface area contributed by atoms with Crippen LogP contribution >= 0.6 is 0 Å². The van der Waals surface area contributed by atoms with Gasteiger partial charge in [-0.15, -0.1) is 0 Å². The lowest BCUT2D eigenvalue weighted by molar-refractivity contribution is 0.0851. The normalized spacial score (nSPS) is 30.2. The molecule has 0 saturated heterocycles. The summed E-state index contributed by atoms with van der Waals surface area (Å²) in [6, 6.07) is 0.337. The summed E-state index contributed by atoms with van der Waals surface area (Å²) in [5.74, 6) is 0.645. The van der Waals surface area contributed by atoms with Gasteiger partial charge >= 0.3 is 0 Å². The Morgan fingerprint density at radius 2 is 1.87 bits per heavy atom. The molecule has 0 aromatic carbocycles. The van der Waals surface area contributed by atoms with E-state index in [-0.39, 0.29) is 6.10 Å². The monoisotopic (exact) mass is 213 g/mol. The van der Waals surface area contributed by atoms with E-state index in [1.807, 2.05) is 0 Å². The third-order valence-corrected chi connectivity index (χ3v) is 3.89. The van der Waals surface area contributed by atoms with E-state index in [0.717, 1.165) is 19.4 Å². The molecule has 1 aliphatic rings. The Hall–Kier alpha value is -0.0800. The number of nitrogens with one attached hydrogen (secondary N) is 1. The number of hydrogen-bond acceptors (Lipinski definition) is 2. The Kier molecular flexibility index (Phi) is 4.60. The van der Waals surface area contributed by atoms with E-state index >= 15 is 0 Å². The molecule has 0 spiro atoms. The molecule has 0 bridgehead atoms. The Morgan fingerprint density at radius 3 is 2.40 bits per heavy atom. The molecule has 90 valence electrons. The van der Waals surface area contributed by atoms with Gasteiger partial charge in [-0.3, -0.25) is 0 Å². The Morgan fingerprint density at radius 1 is 1.27 bits per heavy atom. The molecule has 0 radical (unpaired) electrons. The SMILES string of the molecule is CC(CN[C@@H]1CCCC[C@H]1O)C(C)(C)C. The van der Waals surface area contributed by atoms with Gasteiger partial charge < -0.3 is 10.4 Å². The molecular formula is C13H27NO. The van der Waals surface area contributed by atoms with Crippen molar-refractivity contribution in [2.24, 2.45) is 11.3 Å². The van der Waals surface area contributed by atoms with Gasteiger partial charge in [-0.1, -0.05) is 40.5 Å².